The summed E-state index contributed by atoms with van der Waals surface area (Å²) in [4.78, 5) is 16.3. The molecule has 0 bridgehead atoms. The average molecular weight is 748 g/mol. The molecule has 7 rings (SSSR count). The van der Waals surface area contributed by atoms with E-state index < -0.39 is 10.0 Å². The zero-order chi connectivity index (χ0) is 35.8. The second-order valence-corrected chi connectivity index (χ2v) is 17.1. The van der Waals surface area contributed by atoms with E-state index in [4.69, 9.17) is 34.3 Å². The number of sulfonamides is 1. The Morgan fingerprint density at radius 3 is 2.49 bits per heavy atom. The third kappa shape index (κ3) is 7.75. The molecule has 4 N–H and O–H groups in total. The summed E-state index contributed by atoms with van der Waals surface area (Å²) in [6.45, 7) is 6.59. The van der Waals surface area contributed by atoms with Crippen LogP contribution in [0.25, 0.3) is 22.0 Å². The molecule has 0 atom stereocenters. The summed E-state index contributed by atoms with van der Waals surface area (Å²) in [6.07, 6.45) is 7.83. The molecule has 3 aromatic carbocycles. The normalized spacial score (nSPS) is 18.5. The number of hydrogen-bond donors (Lipinski definition) is 3. The number of halogens is 1. The molecule has 1 spiro atoms. The number of aromatic nitrogens is 1. The number of fused-ring (bicyclic) bond motifs is 1. The van der Waals surface area contributed by atoms with Crippen LogP contribution >= 0.6 is 23.8 Å². The Hall–Kier alpha value is -3.32. The molecule has 0 radical (unpaired) electrons. The first-order chi connectivity index (χ1) is 24.5. The van der Waals surface area contributed by atoms with Gasteiger partial charge >= 0.3 is 0 Å². The van der Waals surface area contributed by atoms with Crippen LogP contribution in [0.1, 0.15) is 61.3 Å². The Balaban J connectivity index is 0.951. The van der Waals surface area contributed by atoms with E-state index in [1.54, 1.807) is 12.1 Å². The molecule has 3 heterocycles. The standard InChI is InChI=1S/C39H46ClN5O4S2/c1-26-5-8-32(9-6-26)51(47,48)43-15-18-44-16-13-39(14-17-44)22-30(23-39)38(46)42-24-29-7-10-33-34(27-3-2-4-28(21-27)37(41)50)25-45(36(33)35(29)40)31-11-19-49-20-12-31/h2-10,21,25,30-31,43H,11-20,22-24H2,1H3,(H2,41,50)(H,42,46). The molecule has 1 aromatic heterocycles. The van der Waals surface area contributed by atoms with Gasteiger partial charge in [-0.3, -0.25) is 4.79 Å². The second-order valence-electron chi connectivity index (χ2n) is 14.5. The predicted molar refractivity (Wildman–Crippen MR) is 206 cm³/mol. The Morgan fingerprint density at radius 1 is 1.06 bits per heavy atom. The number of amides is 1. The van der Waals surface area contributed by atoms with Crippen molar-refractivity contribution in [1.29, 1.82) is 0 Å². The van der Waals surface area contributed by atoms with Gasteiger partial charge in [-0.15, -0.1) is 0 Å². The molecule has 3 aliphatic rings. The number of nitrogens with one attached hydrogen (secondary N) is 2. The van der Waals surface area contributed by atoms with Crippen molar-refractivity contribution in [2.45, 2.75) is 62.9 Å². The lowest BCUT2D eigenvalue weighted by Crippen LogP contribution is -2.51. The number of carbonyl (C=O) groups is 1. The zero-order valence-electron chi connectivity index (χ0n) is 29.0. The Bertz CT molecular complexity index is 2030. The van der Waals surface area contributed by atoms with Crippen LogP contribution in [-0.4, -0.2) is 68.2 Å². The van der Waals surface area contributed by atoms with E-state index in [0.29, 0.717) is 47.8 Å². The lowest BCUT2D eigenvalue weighted by Gasteiger charge is -2.51. The van der Waals surface area contributed by atoms with Gasteiger partial charge in [-0.1, -0.05) is 71.8 Å². The number of benzene rings is 3. The summed E-state index contributed by atoms with van der Waals surface area (Å²) in [5.74, 6) is 0.0822. The van der Waals surface area contributed by atoms with Crippen molar-refractivity contribution in [2.75, 3.05) is 39.4 Å². The maximum Gasteiger partial charge on any atom is 0.240 e. The van der Waals surface area contributed by atoms with Crippen LogP contribution in [0, 0.1) is 18.3 Å². The Morgan fingerprint density at radius 2 is 1.78 bits per heavy atom. The molecular formula is C39H46ClN5O4S2. The first-order valence-corrected chi connectivity index (χ1v) is 20.2. The maximum atomic E-state index is 13.4. The molecule has 2 aliphatic heterocycles. The predicted octanol–water partition coefficient (Wildman–Crippen LogP) is 6.34. The minimum absolute atomic E-state index is 0.000947. The fourth-order valence-corrected chi connectivity index (χ4v) is 9.58. The maximum absolute atomic E-state index is 13.4. The first kappa shape index (κ1) is 36.1. The van der Waals surface area contributed by atoms with E-state index in [2.05, 4.69) is 37.8 Å². The molecule has 270 valence electrons. The van der Waals surface area contributed by atoms with E-state index in [1.165, 1.54) is 0 Å². The number of piperidine rings is 1. The summed E-state index contributed by atoms with van der Waals surface area (Å²) in [5.41, 5.74) is 12.0. The van der Waals surface area contributed by atoms with Crippen molar-refractivity contribution >= 4 is 55.6 Å². The number of nitrogens with zero attached hydrogens (tertiary/aromatic N) is 2. The minimum Gasteiger partial charge on any atom is -0.389 e. The fraction of sp³-hybridized carbons (Fsp3) is 0.436. The van der Waals surface area contributed by atoms with Crippen molar-refractivity contribution in [3.05, 3.63) is 88.6 Å². The van der Waals surface area contributed by atoms with Crippen molar-refractivity contribution in [2.24, 2.45) is 17.1 Å². The van der Waals surface area contributed by atoms with Gasteiger partial charge in [-0.25, -0.2) is 13.1 Å². The lowest BCUT2D eigenvalue weighted by molar-refractivity contribution is -0.135. The highest BCUT2D eigenvalue weighted by Crippen LogP contribution is 2.52. The molecule has 3 fully saturated rings. The van der Waals surface area contributed by atoms with Gasteiger partial charge in [0.1, 0.15) is 4.99 Å². The van der Waals surface area contributed by atoms with Gasteiger partial charge in [0.25, 0.3) is 0 Å². The van der Waals surface area contributed by atoms with Gasteiger partial charge in [0, 0.05) is 67.5 Å². The average Bonchev–Trinajstić information content (AvgIpc) is 3.52. The first-order valence-electron chi connectivity index (χ1n) is 17.9. The van der Waals surface area contributed by atoms with Crippen molar-refractivity contribution in [3.8, 4) is 11.1 Å². The van der Waals surface area contributed by atoms with E-state index in [9.17, 15) is 13.2 Å². The third-order valence-corrected chi connectivity index (χ3v) is 13.3. The topological polar surface area (TPSA) is 119 Å². The van der Waals surface area contributed by atoms with Gasteiger partial charge in [0.05, 0.1) is 15.4 Å². The lowest BCUT2D eigenvalue weighted by atomic mass is 9.57. The molecule has 2 saturated heterocycles. The van der Waals surface area contributed by atoms with Gasteiger partial charge in [-0.2, -0.15) is 0 Å². The minimum atomic E-state index is -3.52. The highest BCUT2D eigenvalue weighted by molar-refractivity contribution is 7.89. The van der Waals surface area contributed by atoms with Crippen molar-refractivity contribution in [3.63, 3.8) is 0 Å². The zero-order valence-corrected chi connectivity index (χ0v) is 31.4. The van der Waals surface area contributed by atoms with Crippen LogP contribution in [0.4, 0.5) is 0 Å². The molecule has 9 nitrogen and oxygen atoms in total. The number of likely N-dealkylation sites (tertiary alicyclic amines) is 1. The van der Waals surface area contributed by atoms with E-state index in [0.717, 1.165) is 90.3 Å². The quantitative estimate of drug-likeness (QED) is 0.153. The number of hydrogen-bond acceptors (Lipinski definition) is 6. The largest absolute Gasteiger partial charge is 0.389 e. The highest BCUT2D eigenvalue weighted by Gasteiger charge is 2.48. The van der Waals surface area contributed by atoms with Crippen molar-refractivity contribution in [1.82, 2.24) is 19.5 Å². The van der Waals surface area contributed by atoms with Gasteiger partial charge in [0.2, 0.25) is 15.9 Å². The number of aryl methyl sites for hydroxylation is 1. The molecule has 4 aromatic rings. The molecule has 1 aliphatic carbocycles. The number of nitrogens with two attached hydrogens (primary N) is 1. The molecule has 12 heteroatoms. The Kier molecular flexibility index (Phi) is 10.6. The second kappa shape index (κ2) is 15.0. The molecule has 1 amide bonds. The summed E-state index contributed by atoms with van der Waals surface area (Å²) < 4.78 is 36.0. The van der Waals surface area contributed by atoms with Gasteiger partial charge in [-0.05, 0) is 93.3 Å². The summed E-state index contributed by atoms with van der Waals surface area (Å²) in [5, 5.41) is 4.91. The molecule has 0 unspecified atom stereocenters. The van der Waals surface area contributed by atoms with Crippen LogP contribution < -0.4 is 15.8 Å². The van der Waals surface area contributed by atoms with Gasteiger partial charge in [0.15, 0.2) is 0 Å². The number of thiocarbonyl (C=S) groups is 1. The van der Waals surface area contributed by atoms with E-state index in [1.807, 2.05) is 43.3 Å². The summed E-state index contributed by atoms with van der Waals surface area (Å²) in [7, 11) is -3.52. The van der Waals surface area contributed by atoms with E-state index >= 15 is 0 Å². The molecular weight excluding hydrogens is 702 g/mol. The highest BCUT2D eigenvalue weighted by atomic mass is 35.5. The molecule has 51 heavy (non-hydrogen) atoms. The van der Waals surface area contributed by atoms with Gasteiger partial charge < -0.3 is 25.3 Å². The van der Waals surface area contributed by atoms with Crippen LogP contribution in [0.15, 0.2) is 71.8 Å². The van der Waals surface area contributed by atoms with Crippen LogP contribution in [0.3, 0.4) is 0 Å². The van der Waals surface area contributed by atoms with Crippen LogP contribution in [0.5, 0.6) is 0 Å². The monoisotopic (exact) mass is 747 g/mol. The number of ether oxygens (including phenoxy) is 1. The SMILES string of the molecule is Cc1ccc(S(=O)(=O)NCCN2CCC3(CC2)CC(C(=O)NCc2ccc4c(-c5cccc(C(N)=S)c5)cn(C5CCOCC5)c4c2Cl)C3)cc1. The summed E-state index contributed by atoms with van der Waals surface area (Å²) in [6, 6.07) is 19.3. The summed E-state index contributed by atoms with van der Waals surface area (Å²) >= 11 is 12.5. The smallest absolute Gasteiger partial charge is 0.240 e. The van der Waals surface area contributed by atoms with Crippen molar-refractivity contribution < 1.29 is 17.9 Å². The van der Waals surface area contributed by atoms with Crippen LogP contribution in [-0.2, 0) is 26.1 Å². The number of carbonyl (C=O) groups excluding carboxylic acids is 1. The number of rotatable bonds is 11. The third-order valence-electron chi connectivity index (χ3n) is 11.2. The van der Waals surface area contributed by atoms with E-state index in [-0.39, 0.29) is 23.3 Å². The fourth-order valence-electron chi connectivity index (χ4n) is 8.10. The molecule has 1 saturated carbocycles. The van der Waals surface area contributed by atoms with Crippen LogP contribution in [0.2, 0.25) is 5.02 Å². The Labute approximate surface area is 310 Å².